The van der Waals surface area contributed by atoms with E-state index >= 15 is 0 Å². The zero-order valence-corrected chi connectivity index (χ0v) is 21.1. The van der Waals surface area contributed by atoms with Crippen molar-refractivity contribution in [3.05, 3.63) is 29.8 Å². The molecule has 11 unspecified atom stereocenters. The second-order valence-corrected chi connectivity index (χ2v) is 10.9. The summed E-state index contributed by atoms with van der Waals surface area (Å²) >= 11 is 0.766. The Morgan fingerprint density at radius 3 is 2.16 bits per heavy atom. The molecule has 1 aromatic rings. The summed E-state index contributed by atoms with van der Waals surface area (Å²) in [5, 5.41) is 68.4. The van der Waals surface area contributed by atoms with Gasteiger partial charge >= 0.3 is 10.4 Å². The second-order valence-electron chi connectivity index (χ2n) is 8.60. The lowest BCUT2D eigenvalue weighted by Crippen LogP contribution is -2.58. The molecule has 2 fully saturated rings. The molecule has 3 rings (SSSR count). The van der Waals surface area contributed by atoms with Crippen molar-refractivity contribution in [2.75, 3.05) is 6.61 Å². The fourth-order valence-corrected chi connectivity index (χ4v) is 5.28. The van der Waals surface area contributed by atoms with E-state index in [1.54, 1.807) is 12.1 Å². The summed E-state index contributed by atoms with van der Waals surface area (Å²) in [7, 11) is -4.90. The van der Waals surface area contributed by atoms with Crippen LogP contribution in [-0.2, 0) is 30.6 Å². The first kappa shape index (κ1) is 30.4. The maximum atomic E-state index is 11.1. The fraction of sp³-hybridized carbons (Fsp3) is 0.700. The minimum atomic E-state index is -4.90. The van der Waals surface area contributed by atoms with Gasteiger partial charge in [-0.2, -0.15) is 18.2 Å². The number of hydrogen-bond acceptors (Lipinski definition) is 15. The SMILES string of the molecule is CC1OC(Oc2ccc(CC(NOS(=O)(=O)O)SC3OC(CO)C(O)C(O)C3O)cc2)C(O)C(O)C1O. The second kappa shape index (κ2) is 12.8. The molecule has 2 aliphatic heterocycles. The summed E-state index contributed by atoms with van der Waals surface area (Å²) in [6, 6.07) is 6.11. The van der Waals surface area contributed by atoms with Gasteiger partial charge in [-0.3, -0.25) is 4.55 Å². The Labute approximate surface area is 216 Å². The van der Waals surface area contributed by atoms with E-state index in [9.17, 15) is 44.2 Å². The molecule has 0 aromatic heterocycles. The van der Waals surface area contributed by atoms with Gasteiger partial charge in [0, 0.05) is 0 Å². The predicted octanol–water partition coefficient (Wildman–Crippen LogP) is -3.38. The van der Waals surface area contributed by atoms with Crippen LogP contribution in [0.1, 0.15) is 12.5 Å². The molecule has 15 nitrogen and oxygen atoms in total. The first-order chi connectivity index (χ1) is 17.3. The van der Waals surface area contributed by atoms with Crippen LogP contribution in [0.25, 0.3) is 0 Å². The number of nitrogens with one attached hydrogen (secondary N) is 1. The zero-order chi connectivity index (χ0) is 27.5. The summed E-state index contributed by atoms with van der Waals surface area (Å²) < 4.78 is 51.7. The van der Waals surface area contributed by atoms with Crippen LogP contribution in [0.4, 0.5) is 0 Å². The van der Waals surface area contributed by atoms with E-state index in [1.807, 2.05) is 0 Å². The average molecular weight is 574 g/mol. The standard InChI is InChI=1S/C20H31NO14S2/c1-8-13(23)15(25)17(27)19(32-8)33-10-4-2-9(3-5-10)6-12(21-35-37(29,30)31)36-20-18(28)16(26)14(24)11(7-22)34-20/h2-5,8,11-28H,6-7H2,1H3,(H,29,30,31). The van der Waals surface area contributed by atoms with Crippen molar-refractivity contribution in [1.82, 2.24) is 5.48 Å². The lowest BCUT2D eigenvalue weighted by atomic mass is 10.00. The molecule has 2 saturated heterocycles. The highest BCUT2D eigenvalue weighted by Gasteiger charge is 2.45. The van der Waals surface area contributed by atoms with E-state index in [2.05, 4.69) is 9.76 Å². The van der Waals surface area contributed by atoms with E-state index in [1.165, 1.54) is 19.1 Å². The van der Waals surface area contributed by atoms with E-state index < -0.39 is 82.9 Å². The molecule has 1 aromatic carbocycles. The number of hydrogen-bond donors (Lipinski definition) is 9. The highest BCUT2D eigenvalue weighted by atomic mass is 32.3. The van der Waals surface area contributed by atoms with Gasteiger partial charge in [0.15, 0.2) is 0 Å². The van der Waals surface area contributed by atoms with E-state index in [-0.39, 0.29) is 12.2 Å². The Balaban J connectivity index is 1.68. The lowest BCUT2D eigenvalue weighted by molar-refractivity contribution is -0.268. The van der Waals surface area contributed by atoms with Crippen LogP contribution in [0.15, 0.2) is 24.3 Å². The third-order valence-electron chi connectivity index (χ3n) is 5.84. The van der Waals surface area contributed by atoms with Crippen LogP contribution in [0.3, 0.4) is 0 Å². The minimum Gasteiger partial charge on any atom is -0.462 e. The fourth-order valence-electron chi connectivity index (χ4n) is 3.74. The van der Waals surface area contributed by atoms with Gasteiger partial charge in [-0.1, -0.05) is 12.1 Å². The summed E-state index contributed by atoms with van der Waals surface area (Å²) in [4.78, 5) is 0. The molecule has 0 amide bonds. The number of aliphatic hydroxyl groups is 7. The molecular formula is C20H31NO14S2. The van der Waals surface area contributed by atoms with Gasteiger partial charge in [0.05, 0.1) is 18.1 Å². The Kier molecular flexibility index (Phi) is 10.5. The number of benzene rings is 1. The summed E-state index contributed by atoms with van der Waals surface area (Å²) in [5.74, 6) is 0.240. The van der Waals surface area contributed by atoms with Gasteiger partial charge in [0.2, 0.25) is 6.29 Å². The lowest BCUT2D eigenvalue weighted by Gasteiger charge is -2.40. The summed E-state index contributed by atoms with van der Waals surface area (Å²) in [6.07, 6.45) is -12.3. The number of ether oxygens (including phenoxy) is 3. The Bertz CT molecular complexity index is 966. The van der Waals surface area contributed by atoms with Crippen molar-refractivity contribution in [1.29, 1.82) is 0 Å². The molecule has 2 aliphatic rings. The van der Waals surface area contributed by atoms with Gasteiger partial charge in [-0.15, -0.1) is 11.8 Å². The quantitative estimate of drug-likeness (QED) is 0.0752. The van der Waals surface area contributed by atoms with Crippen molar-refractivity contribution >= 4 is 22.2 Å². The number of aliphatic hydroxyl groups excluding tert-OH is 7. The molecule has 17 heteroatoms. The molecule has 9 N–H and O–H groups in total. The van der Waals surface area contributed by atoms with Gasteiger partial charge in [-0.05, 0) is 31.0 Å². The molecular weight excluding hydrogens is 542 g/mol. The van der Waals surface area contributed by atoms with Gasteiger partial charge < -0.3 is 50.0 Å². The molecule has 0 aliphatic carbocycles. The van der Waals surface area contributed by atoms with Crippen molar-refractivity contribution in [2.24, 2.45) is 0 Å². The Hall–Kier alpha value is -1.16. The first-order valence-corrected chi connectivity index (χ1v) is 13.4. The summed E-state index contributed by atoms with van der Waals surface area (Å²) in [5.41, 5.74) is 1.46. The third kappa shape index (κ3) is 7.93. The smallest absolute Gasteiger partial charge is 0.413 e. The number of hydroxylamine groups is 1. The molecule has 2 heterocycles. The molecule has 212 valence electrons. The molecule has 37 heavy (non-hydrogen) atoms. The molecule has 0 spiro atoms. The Morgan fingerprint density at radius 1 is 0.946 bits per heavy atom. The van der Waals surface area contributed by atoms with Crippen LogP contribution in [0, 0.1) is 0 Å². The third-order valence-corrected chi connectivity index (χ3v) is 7.39. The van der Waals surface area contributed by atoms with Crippen molar-refractivity contribution in [3.63, 3.8) is 0 Å². The average Bonchev–Trinajstić information content (AvgIpc) is 2.85. The van der Waals surface area contributed by atoms with Crippen molar-refractivity contribution < 1.29 is 67.2 Å². The highest BCUT2D eigenvalue weighted by Crippen LogP contribution is 2.32. The molecule has 0 radical (unpaired) electrons. The maximum Gasteiger partial charge on any atom is 0.413 e. The largest absolute Gasteiger partial charge is 0.462 e. The number of rotatable bonds is 10. The van der Waals surface area contributed by atoms with E-state index in [4.69, 9.17) is 18.8 Å². The molecule has 11 atom stereocenters. The van der Waals surface area contributed by atoms with Crippen LogP contribution < -0.4 is 10.2 Å². The Morgan fingerprint density at radius 2 is 1.57 bits per heavy atom. The van der Waals surface area contributed by atoms with Crippen molar-refractivity contribution in [3.8, 4) is 5.75 Å². The van der Waals surface area contributed by atoms with Gasteiger partial charge in [-0.25, -0.2) is 0 Å². The first-order valence-electron chi connectivity index (χ1n) is 11.1. The van der Waals surface area contributed by atoms with Gasteiger partial charge in [0.1, 0.15) is 53.9 Å². The van der Waals surface area contributed by atoms with Crippen LogP contribution in [0.5, 0.6) is 5.75 Å². The minimum absolute atomic E-state index is 0.0139. The van der Waals surface area contributed by atoms with Crippen LogP contribution in [0.2, 0.25) is 0 Å². The normalized spacial score (nSPS) is 37.8. The van der Waals surface area contributed by atoms with E-state index in [0.717, 1.165) is 11.8 Å². The van der Waals surface area contributed by atoms with E-state index in [0.29, 0.717) is 5.56 Å². The molecule has 0 saturated carbocycles. The number of thioether (sulfide) groups is 1. The van der Waals surface area contributed by atoms with Crippen LogP contribution >= 0.6 is 11.8 Å². The van der Waals surface area contributed by atoms with Gasteiger partial charge in [0.25, 0.3) is 0 Å². The summed E-state index contributed by atoms with van der Waals surface area (Å²) in [6.45, 7) is 0.853. The highest BCUT2D eigenvalue weighted by molar-refractivity contribution is 8.00. The predicted molar refractivity (Wildman–Crippen MR) is 124 cm³/mol. The monoisotopic (exact) mass is 573 g/mol. The molecule has 0 bridgehead atoms. The maximum absolute atomic E-state index is 11.1. The zero-order valence-electron chi connectivity index (χ0n) is 19.4. The van der Waals surface area contributed by atoms with Crippen LogP contribution in [-0.4, -0.2) is 121 Å². The topological polar surface area (TPSA) is 245 Å². The van der Waals surface area contributed by atoms with Crippen molar-refractivity contribution in [2.45, 2.75) is 79.3 Å².